The van der Waals surface area contributed by atoms with Crippen LogP contribution in [0.2, 0.25) is 10.0 Å². The van der Waals surface area contributed by atoms with Crippen molar-refractivity contribution in [2.75, 3.05) is 5.73 Å². The number of nitrogen functional groups attached to an aromatic ring is 1. The van der Waals surface area contributed by atoms with E-state index in [4.69, 9.17) is 38.1 Å². The number of rotatable bonds is 6. The molecule has 1 aromatic carbocycles. The summed E-state index contributed by atoms with van der Waals surface area (Å²) in [4.78, 5) is 17.1. The van der Waals surface area contributed by atoms with E-state index in [9.17, 15) is 9.18 Å². The van der Waals surface area contributed by atoms with E-state index >= 15 is 0 Å². The van der Waals surface area contributed by atoms with Crippen LogP contribution in [0.5, 0.6) is 5.75 Å². The van der Waals surface area contributed by atoms with E-state index in [2.05, 4.69) is 10.3 Å². The van der Waals surface area contributed by atoms with Crippen LogP contribution in [0.4, 0.5) is 10.2 Å². The first-order valence-electron chi connectivity index (χ1n) is 10.0. The van der Waals surface area contributed by atoms with Crippen molar-refractivity contribution in [2.45, 2.75) is 32.9 Å². The molecule has 3 aromatic heterocycles. The van der Waals surface area contributed by atoms with Gasteiger partial charge in [-0.25, -0.2) is 9.37 Å². The second-order valence-corrected chi connectivity index (χ2v) is 9.41. The lowest BCUT2D eigenvalue weighted by Crippen LogP contribution is -2.29. The predicted molar refractivity (Wildman–Crippen MR) is 130 cm³/mol. The number of hydrogen-bond acceptors (Lipinski definition) is 6. The number of thiophene rings is 1. The van der Waals surface area contributed by atoms with Gasteiger partial charge in [0.25, 0.3) is 5.91 Å². The average molecular weight is 508 g/mol. The number of nitrogens with zero attached hydrogens (tertiary/aromatic N) is 1. The Morgan fingerprint density at radius 2 is 2.06 bits per heavy atom. The van der Waals surface area contributed by atoms with Gasteiger partial charge in [0.05, 0.1) is 21.5 Å². The van der Waals surface area contributed by atoms with Crippen LogP contribution in [0, 0.1) is 5.82 Å². The minimum absolute atomic E-state index is 0.0340. The Bertz CT molecular complexity index is 1350. The van der Waals surface area contributed by atoms with Crippen molar-refractivity contribution in [3.63, 3.8) is 0 Å². The molecule has 10 heteroatoms. The molecule has 3 heterocycles. The zero-order valence-electron chi connectivity index (χ0n) is 17.9. The number of carbonyl (C=O) groups is 1. The number of pyridine rings is 1. The molecule has 33 heavy (non-hydrogen) atoms. The van der Waals surface area contributed by atoms with E-state index in [1.54, 1.807) is 25.5 Å². The molecule has 4 aromatic rings. The van der Waals surface area contributed by atoms with Gasteiger partial charge in [-0.2, -0.15) is 0 Å². The number of furan rings is 1. The van der Waals surface area contributed by atoms with E-state index in [1.165, 1.54) is 23.5 Å². The summed E-state index contributed by atoms with van der Waals surface area (Å²) in [6.07, 6.45) is 2.39. The van der Waals surface area contributed by atoms with Gasteiger partial charge in [-0.1, -0.05) is 23.2 Å². The Kier molecular flexibility index (Phi) is 6.52. The van der Waals surface area contributed by atoms with Gasteiger partial charge in [0.15, 0.2) is 11.4 Å². The Morgan fingerprint density at radius 3 is 2.79 bits per heavy atom. The number of halogens is 3. The first-order valence-corrected chi connectivity index (χ1v) is 11.7. The van der Waals surface area contributed by atoms with Crippen molar-refractivity contribution >= 4 is 57.2 Å². The second-order valence-electron chi connectivity index (χ2n) is 7.71. The number of aromatic nitrogens is 1. The van der Waals surface area contributed by atoms with Crippen molar-refractivity contribution in [1.82, 2.24) is 10.3 Å². The van der Waals surface area contributed by atoms with Crippen molar-refractivity contribution in [3.8, 4) is 16.9 Å². The van der Waals surface area contributed by atoms with Crippen molar-refractivity contribution in [1.29, 1.82) is 0 Å². The van der Waals surface area contributed by atoms with Crippen LogP contribution in [-0.4, -0.2) is 16.9 Å². The highest BCUT2D eigenvalue weighted by molar-refractivity contribution is 7.12. The van der Waals surface area contributed by atoms with Crippen molar-refractivity contribution in [2.24, 2.45) is 0 Å². The van der Waals surface area contributed by atoms with E-state index in [1.807, 2.05) is 19.2 Å². The number of amides is 1. The maximum atomic E-state index is 14.0. The number of anilines is 1. The summed E-state index contributed by atoms with van der Waals surface area (Å²) in [7, 11) is 0. The topological polar surface area (TPSA) is 90.4 Å². The summed E-state index contributed by atoms with van der Waals surface area (Å²) in [5.41, 5.74) is 8.26. The Balaban J connectivity index is 1.70. The summed E-state index contributed by atoms with van der Waals surface area (Å²) in [5, 5.41) is 5.52. The molecule has 6 nitrogen and oxygen atoms in total. The zero-order valence-corrected chi connectivity index (χ0v) is 20.2. The van der Waals surface area contributed by atoms with Gasteiger partial charge < -0.3 is 20.2 Å². The molecule has 0 aliphatic carbocycles. The summed E-state index contributed by atoms with van der Waals surface area (Å²) in [6.45, 7) is 5.48. The largest absolute Gasteiger partial charge is 0.478 e. The zero-order chi connectivity index (χ0) is 23.9. The van der Waals surface area contributed by atoms with Gasteiger partial charge in [-0.3, -0.25) is 4.79 Å². The van der Waals surface area contributed by atoms with E-state index in [-0.39, 0.29) is 33.6 Å². The number of hydrogen-bond donors (Lipinski definition) is 2. The molecule has 0 aliphatic rings. The molecule has 0 spiro atoms. The molecule has 0 saturated carbocycles. The third-order valence-electron chi connectivity index (χ3n) is 4.94. The molecule has 3 N–H and O–H groups in total. The normalized spacial score (nSPS) is 12.3. The number of nitrogens with one attached hydrogen (secondary N) is 1. The van der Waals surface area contributed by atoms with Crippen LogP contribution < -0.4 is 15.8 Å². The van der Waals surface area contributed by atoms with E-state index in [0.29, 0.717) is 21.4 Å². The van der Waals surface area contributed by atoms with Gasteiger partial charge in [0.1, 0.15) is 11.9 Å². The molecular weight excluding hydrogens is 488 g/mol. The fourth-order valence-electron chi connectivity index (χ4n) is 3.40. The maximum absolute atomic E-state index is 14.0. The summed E-state index contributed by atoms with van der Waals surface area (Å²) < 4.78 is 25.8. The third-order valence-corrected chi connectivity index (χ3v) is 6.58. The van der Waals surface area contributed by atoms with Gasteiger partial charge in [-0.15, -0.1) is 11.3 Å². The molecule has 0 aliphatic heterocycles. The van der Waals surface area contributed by atoms with E-state index < -0.39 is 11.9 Å². The third kappa shape index (κ3) is 4.51. The Morgan fingerprint density at radius 1 is 1.30 bits per heavy atom. The average Bonchev–Trinajstić information content (AvgIpc) is 3.40. The first kappa shape index (κ1) is 23.4. The summed E-state index contributed by atoms with van der Waals surface area (Å²) >= 11 is 13.7. The van der Waals surface area contributed by atoms with Crippen LogP contribution in [0.25, 0.3) is 22.1 Å². The molecule has 1 atom stereocenters. The lowest BCUT2D eigenvalue weighted by Gasteiger charge is -2.18. The Labute approximate surface area is 203 Å². The standard InChI is InChI=1S/C23H20Cl2FN3O3S/c1-10(2)29-23(30)17-6-12(9-33-17)14-8-31-20-13(14)7-28-22(27)21(20)32-11(3)18-15(24)4-5-16(26)19(18)25/h4-11H,1-3H3,(H2,27,28)(H,29,30). The first-order chi connectivity index (χ1) is 15.7. The molecule has 4 rings (SSSR count). The molecule has 0 bridgehead atoms. The lowest BCUT2D eigenvalue weighted by atomic mass is 10.1. The van der Waals surface area contributed by atoms with Crippen molar-refractivity contribution < 1.29 is 18.3 Å². The Hall–Kier alpha value is -2.81. The molecule has 1 amide bonds. The lowest BCUT2D eigenvalue weighted by molar-refractivity contribution is 0.0947. The monoisotopic (exact) mass is 507 g/mol. The van der Waals surface area contributed by atoms with Crippen LogP contribution in [0.15, 0.2) is 40.5 Å². The minimum atomic E-state index is -0.739. The van der Waals surface area contributed by atoms with Crippen LogP contribution >= 0.6 is 34.5 Å². The van der Waals surface area contributed by atoms with Crippen molar-refractivity contribution in [3.05, 3.63) is 62.3 Å². The molecule has 1 unspecified atom stereocenters. The van der Waals surface area contributed by atoms with Crippen LogP contribution in [-0.2, 0) is 0 Å². The second kappa shape index (κ2) is 9.21. The van der Waals surface area contributed by atoms with Gasteiger partial charge in [0, 0.05) is 28.4 Å². The minimum Gasteiger partial charge on any atom is -0.478 e. The number of fused-ring (bicyclic) bond motifs is 1. The van der Waals surface area contributed by atoms with Gasteiger partial charge in [-0.05, 0) is 49.9 Å². The SMILES string of the molecule is CC(C)NC(=O)c1cc(-c2coc3c(OC(C)c4c(Cl)ccc(F)c4Cl)c(N)ncc23)cs1. The fraction of sp³-hybridized carbons (Fsp3) is 0.217. The highest BCUT2D eigenvalue weighted by atomic mass is 35.5. The quantitative estimate of drug-likeness (QED) is 0.278. The maximum Gasteiger partial charge on any atom is 0.261 e. The number of benzene rings is 1. The fourth-order valence-corrected chi connectivity index (χ4v) is 4.89. The highest BCUT2D eigenvalue weighted by Crippen LogP contribution is 2.42. The number of carbonyl (C=O) groups excluding carboxylic acids is 1. The van der Waals surface area contributed by atoms with Gasteiger partial charge >= 0.3 is 0 Å². The molecule has 0 fully saturated rings. The molecule has 0 saturated heterocycles. The number of ether oxygens (including phenoxy) is 1. The van der Waals surface area contributed by atoms with Crippen LogP contribution in [0.1, 0.15) is 42.1 Å². The van der Waals surface area contributed by atoms with Crippen LogP contribution in [0.3, 0.4) is 0 Å². The molecular formula is C23H20Cl2FN3O3S. The number of nitrogens with two attached hydrogens (primary N) is 1. The smallest absolute Gasteiger partial charge is 0.261 e. The van der Waals surface area contributed by atoms with Gasteiger partial charge in [0.2, 0.25) is 5.75 Å². The predicted octanol–water partition coefficient (Wildman–Crippen LogP) is 6.86. The summed E-state index contributed by atoms with van der Waals surface area (Å²) in [5.74, 6) is -0.458. The molecule has 0 radical (unpaired) electrons. The molecule has 172 valence electrons. The van der Waals surface area contributed by atoms with E-state index in [0.717, 1.165) is 11.1 Å². The summed E-state index contributed by atoms with van der Waals surface area (Å²) in [6, 6.07) is 4.42. The highest BCUT2D eigenvalue weighted by Gasteiger charge is 2.23.